The van der Waals surface area contributed by atoms with E-state index in [1.807, 2.05) is 36.0 Å². The van der Waals surface area contributed by atoms with Crippen LogP contribution in [0.3, 0.4) is 0 Å². The van der Waals surface area contributed by atoms with Gasteiger partial charge in [-0.3, -0.25) is 0 Å². The number of fused-ring (bicyclic) bond motifs is 9. The van der Waals surface area contributed by atoms with E-state index in [1.165, 1.54) is 54.3 Å². The predicted molar refractivity (Wildman–Crippen MR) is 162 cm³/mol. The molecule has 0 bridgehead atoms. The summed E-state index contributed by atoms with van der Waals surface area (Å²) >= 11 is 1.82. The molecule has 0 radical (unpaired) electrons. The van der Waals surface area contributed by atoms with Crippen molar-refractivity contribution < 1.29 is 0 Å². The fraction of sp³-hybridized carbons (Fsp3) is 0. The van der Waals surface area contributed by atoms with Gasteiger partial charge in [0.25, 0.3) is 0 Å². The molecule has 6 aromatic rings. The second kappa shape index (κ2) is 9.80. The first kappa shape index (κ1) is 23.3. The first-order valence-electron chi connectivity index (χ1n) is 13.0. The lowest BCUT2D eigenvalue weighted by molar-refractivity contribution is 1.40. The molecule has 0 atom stereocenters. The van der Waals surface area contributed by atoms with Gasteiger partial charge in [0.2, 0.25) is 0 Å². The molecule has 0 aliphatic carbocycles. The Balaban J connectivity index is 1.57. The third kappa shape index (κ3) is 4.14. The largest absolute Gasteiger partial charge is 0.192 e. The van der Waals surface area contributed by atoms with Crippen molar-refractivity contribution in [3.05, 3.63) is 145 Å². The van der Waals surface area contributed by atoms with Gasteiger partial charge in [-0.2, -0.15) is 5.26 Å². The normalized spacial score (nSPS) is 11.5. The van der Waals surface area contributed by atoms with E-state index in [4.69, 9.17) is 0 Å². The molecule has 1 aliphatic rings. The molecule has 0 spiro atoms. The van der Waals surface area contributed by atoms with Crippen LogP contribution in [-0.4, -0.2) is 0 Å². The van der Waals surface area contributed by atoms with Crippen molar-refractivity contribution in [3.8, 4) is 61.7 Å². The Morgan fingerprint density at radius 3 is 1.33 bits per heavy atom. The molecule has 0 saturated heterocycles. The van der Waals surface area contributed by atoms with E-state index in [0.717, 1.165) is 11.1 Å². The van der Waals surface area contributed by atoms with Crippen LogP contribution in [0.15, 0.2) is 149 Å². The summed E-state index contributed by atoms with van der Waals surface area (Å²) in [6.45, 7) is 0. The van der Waals surface area contributed by atoms with E-state index in [9.17, 15) is 5.26 Å². The lowest BCUT2D eigenvalue weighted by atomic mass is 9.85. The van der Waals surface area contributed by atoms with Crippen LogP contribution in [0.5, 0.6) is 0 Å². The standard InChI is InChI=1S/C37H23NS/c38-24-25-17-19-26(20-18-25)27-21-22-32-30-11-2-1-9-28(30)29-10-3-4-12-31(29)33-13-5-7-15-36(33)39-37-16-8-6-14-34(37)35(32)23-27/h1-23H. The molecule has 0 amide bonds. The van der Waals surface area contributed by atoms with Crippen molar-refractivity contribution in [2.75, 3.05) is 0 Å². The molecule has 7 rings (SSSR count). The summed E-state index contributed by atoms with van der Waals surface area (Å²) in [4.78, 5) is 2.46. The van der Waals surface area contributed by atoms with Crippen molar-refractivity contribution in [1.82, 2.24) is 0 Å². The van der Waals surface area contributed by atoms with Crippen LogP contribution in [0.25, 0.3) is 55.6 Å². The number of hydrogen-bond acceptors (Lipinski definition) is 2. The van der Waals surface area contributed by atoms with Gasteiger partial charge in [-0.1, -0.05) is 121 Å². The van der Waals surface area contributed by atoms with Gasteiger partial charge in [0.15, 0.2) is 0 Å². The molecule has 1 aliphatic heterocycles. The summed E-state index contributed by atoms with van der Waals surface area (Å²) in [7, 11) is 0. The fourth-order valence-corrected chi connectivity index (χ4v) is 6.61. The Kier molecular flexibility index (Phi) is 5.85. The van der Waals surface area contributed by atoms with Gasteiger partial charge in [-0.25, -0.2) is 0 Å². The van der Waals surface area contributed by atoms with E-state index in [0.29, 0.717) is 5.56 Å². The number of rotatable bonds is 1. The lowest BCUT2D eigenvalue weighted by Crippen LogP contribution is -1.92. The Morgan fingerprint density at radius 2 is 0.795 bits per heavy atom. The highest BCUT2D eigenvalue weighted by atomic mass is 32.2. The third-order valence-corrected chi connectivity index (χ3v) is 8.53. The molecular formula is C37H23NS. The highest BCUT2D eigenvalue weighted by Crippen LogP contribution is 2.48. The zero-order chi connectivity index (χ0) is 26.2. The van der Waals surface area contributed by atoms with Crippen LogP contribution >= 0.6 is 11.8 Å². The van der Waals surface area contributed by atoms with Gasteiger partial charge in [0.05, 0.1) is 11.6 Å². The summed E-state index contributed by atoms with van der Waals surface area (Å²) in [5, 5.41) is 9.28. The molecule has 6 aromatic carbocycles. The smallest absolute Gasteiger partial charge is 0.0991 e. The van der Waals surface area contributed by atoms with Gasteiger partial charge < -0.3 is 0 Å². The van der Waals surface area contributed by atoms with Crippen LogP contribution in [0.1, 0.15) is 5.56 Å². The van der Waals surface area contributed by atoms with E-state index >= 15 is 0 Å². The first-order valence-corrected chi connectivity index (χ1v) is 13.8. The minimum Gasteiger partial charge on any atom is -0.192 e. The van der Waals surface area contributed by atoms with Crippen molar-refractivity contribution in [2.45, 2.75) is 9.79 Å². The Morgan fingerprint density at radius 1 is 0.385 bits per heavy atom. The Labute approximate surface area is 233 Å². The molecule has 1 heterocycles. The highest BCUT2D eigenvalue weighted by molar-refractivity contribution is 7.99. The molecule has 39 heavy (non-hydrogen) atoms. The van der Waals surface area contributed by atoms with Crippen molar-refractivity contribution in [3.63, 3.8) is 0 Å². The maximum absolute atomic E-state index is 9.28. The predicted octanol–water partition coefficient (Wildman–Crippen LogP) is 10.4. The van der Waals surface area contributed by atoms with Crippen molar-refractivity contribution in [1.29, 1.82) is 5.26 Å². The average Bonchev–Trinajstić information content (AvgIpc) is 3.02. The third-order valence-electron chi connectivity index (χ3n) is 7.38. The summed E-state index contributed by atoms with van der Waals surface area (Å²) in [5.74, 6) is 0. The van der Waals surface area contributed by atoms with Crippen LogP contribution < -0.4 is 0 Å². The molecule has 1 nitrogen and oxygen atoms in total. The van der Waals surface area contributed by atoms with E-state index in [1.54, 1.807) is 0 Å². The van der Waals surface area contributed by atoms with Crippen LogP contribution in [0.4, 0.5) is 0 Å². The molecule has 2 heteroatoms. The molecule has 0 saturated carbocycles. The summed E-state index contributed by atoms with van der Waals surface area (Å²) < 4.78 is 0. The van der Waals surface area contributed by atoms with Crippen LogP contribution in [-0.2, 0) is 0 Å². The molecule has 0 unspecified atom stereocenters. The molecule has 0 N–H and O–H groups in total. The zero-order valence-electron chi connectivity index (χ0n) is 21.1. The van der Waals surface area contributed by atoms with Gasteiger partial charge in [-0.15, -0.1) is 0 Å². The topological polar surface area (TPSA) is 23.8 Å². The highest BCUT2D eigenvalue weighted by Gasteiger charge is 2.21. The van der Waals surface area contributed by atoms with Crippen LogP contribution in [0, 0.1) is 11.3 Å². The number of benzene rings is 6. The number of nitriles is 1. The number of nitrogens with zero attached hydrogens (tertiary/aromatic N) is 1. The van der Waals surface area contributed by atoms with Gasteiger partial charge in [0, 0.05) is 9.79 Å². The monoisotopic (exact) mass is 513 g/mol. The lowest BCUT2D eigenvalue weighted by Gasteiger charge is -2.18. The second-order valence-electron chi connectivity index (χ2n) is 9.64. The maximum atomic E-state index is 9.28. The Bertz CT molecular complexity index is 1890. The maximum Gasteiger partial charge on any atom is 0.0991 e. The van der Waals surface area contributed by atoms with Crippen molar-refractivity contribution in [2.24, 2.45) is 0 Å². The minimum absolute atomic E-state index is 0.669. The van der Waals surface area contributed by atoms with Gasteiger partial charge >= 0.3 is 0 Å². The van der Waals surface area contributed by atoms with E-state index < -0.39 is 0 Å². The average molecular weight is 514 g/mol. The molecule has 182 valence electrons. The van der Waals surface area contributed by atoms with E-state index in [2.05, 4.69) is 121 Å². The van der Waals surface area contributed by atoms with Crippen LogP contribution in [0.2, 0.25) is 0 Å². The molecule has 0 aromatic heterocycles. The Hall–Kier alpha value is -4.84. The fourth-order valence-electron chi connectivity index (χ4n) is 5.50. The minimum atomic E-state index is 0.669. The summed E-state index contributed by atoms with van der Waals surface area (Å²) in [6.07, 6.45) is 0. The first-order chi connectivity index (χ1) is 19.3. The second-order valence-corrected chi connectivity index (χ2v) is 10.7. The zero-order valence-corrected chi connectivity index (χ0v) is 22.0. The summed E-state index contributed by atoms with van der Waals surface area (Å²) in [5.41, 5.74) is 12.7. The quantitative estimate of drug-likeness (QED) is 0.218. The van der Waals surface area contributed by atoms with E-state index in [-0.39, 0.29) is 0 Å². The molecular weight excluding hydrogens is 490 g/mol. The number of hydrogen-bond donors (Lipinski definition) is 0. The van der Waals surface area contributed by atoms with Crippen molar-refractivity contribution >= 4 is 11.8 Å². The van der Waals surface area contributed by atoms with Gasteiger partial charge in [0.1, 0.15) is 0 Å². The molecule has 0 fully saturated rings. The van der Waals surface area contributed by atoms with Gasteiger partial charge in [-0.05, 0) is 86.0 Å². The summed E-state index contributed by atoms with van der Waals surface area (Å²) in [6, 6.07) is 51.8. The SMILES string of the molecule is N#Cc1ccc(-c2ccc3c(c2)-c2ccccc2Sc2ccccc2-c2ccccc2-c2ccccc2-3)cc1.